The molecular formula is C11H16N4O5S. The van der Waals surface area contributed by atoms with Gasteiger partial charge in [0.1, 0.15) is 0 Å². The molecular weight excluding hydrogens is 300 g/mol. The number of nitrogens with one attached hydrogen (secondary N) is 1. The fourth-order valence-electron chi connectivity index (χ4n) is 1.58. The van der Waals surface area contributed by atoms with Gasteiger partial charge in [-0.15, -0.1) is 0 Å². The van der Waals surface area contributed by atoms with Gasteiger partial charge in [-0.25, -0.2) is 18.2 Å². The minimum atomic E-state index is -3.63. The van der Waals surface area contributed by atoms with E-state index in [4.69, 9.17) is 11.5 Å². The molecule has 116 valence electrons. The third-order valence-corrected chi connectivity index (χ3v) is 2.90. The normalized spacial score (nSPS) is 10.8. The highest BCUT2D eigenvalue weighted by molar-refractivity contribution is 7.92. The van der Waals surface area contributed by atoms with Gasteiger partial charge in [-0.05, 0) is 12.1 Å². The highest BCUT2D eigenvalue weighted by atomic mass is 32.2. The monoisotopic (exact) mass is 316 g/mol. The molecule has 10 heteroatoms. The van der Waals surface area contributed by atoms with Crippen LogP contribution in [0.25, 0.3) is 0 Å². The molecule has 0 heterocycles. The van der Waals surface area contributed by atoms with Crippen molar-refractivity contribution in [3.05, 3.63) is 23.3 Å². The standard InChI is InChI=1S/C11H16N4O5S/c1-20-10(17)6-3-7(5-16)9(15-21(2,18)19)8(4-6)14-11(12)13/h3-4,15-16H,5H2,1-2H3,(H4,12,13,14). The van der Waals surface area contributed by atoms with Crippen LogP contribution in [-0.4, -0.2) is 38.8 Å². The van der Waals surface area contributed by atoms with E-state index in [0.29, 0.717) is 0 Å². The zero-order valence-electron chi connectivity index (χ0n) is 11.5. The number of rotatable bonds is 5. The van der Waals surface area contributed by atoms with E-state index >= 15 is 0 Å². The molecule has 0 aromatic heterocycles. The van der Waals surface area contributed by atoms with Crippen molar-refractivity contribution in [2.75, 3.05) is 18.1 Å². The van der Waals surface area contributed by atoms with Gasteiger partial charge in [-0.1, -0.05) is 0 Å². The average molecular weight is 316 g/mol. The molecule has 0 saturated heterocycles. The number of esters is 1. The number of ether oxygens (including phenoxy) is 1. The van der Waals surface area contributed by atoms with Crippen LogP contribution in [-0.2, 0) is 21.4 Å². The van der Waals surface area contributed by atoms with E-state index in [1.54, 1.807) is 0 Å². The summed E-state index contributed by atoms with van der Waals surface area (Å²) in [6, 6.07) is 2.53. The van der Waals surface area contributed by atoms with Gasteiger partial charge in [0.05, 0.1) is 36.9 Å². The van der Waals surface area contributed by atoms with Gasteiger partial charge in [0.25, 0.3) is 0 Å². The number of anilines is 1. The Kier molecular flexibility index (Phi) is 5.11. The number of methoxy groups -OCH3 is 1. The quantitative estimate of drug-likeness (QED) is 0.316. The molecule has 21 heavy (non-hydrogen) atoms. The van der Waals surface area contributed by atoms with Gasteiger partial charge in [-0.3, -0.25) is 4.72 Å². The molecule has 1 aromatic rings. The predicted molar refractivity (Wildman–Crippen MR) is 77.6 cm³/mol. The van der Waals surface area contributed by atoms with Crippen molar-refractivity contribution in [2.24, 2.45) is 16.5 Å². The zero-order chi connectivity index (χ0) is 16.2. The summed E-state index contributed by atoms with van der Waals surface area (Å²) in [7, 11) is -2.45. The topological polar surface area (TPSA) is 157 Å². The van der Waals surface area contributed by atoms with Crippen molar-refractivity contribution in [2.45, 2.75) is 6.61 Å². The van der Waals surface area contributed by atoms with E-state index in [9.17, 15) is 18.3 Å². The molecule has 0 aliphatic carbocycles. The maximum atomic E-state index is 11.6. The summed E-state index contributed by atoms with van der Waals surface area (Å²) in [5, 5.41) is 9.35. The maximum absolute atomic E-state index is 11.6. The molecule has 0 aliphatic heterocycles. The largest absolute Gasteiger partial charge is 0.465 e. The lowest BCUT2D eigenvalue weighted by Gasteiger charge is -2.14. The highest BCUT2D eigenvalue weighted by Crippen LogP contribution is 2.32. The number of carbonyl (C=O) groups excluding carboxylic acids is 1. The van der Waals surface area contributed by atoms with E-state index in [0.717, 1.165) is 6.26 Å². The Morgan fingerprint density at radius 3 is 2.48 bits per heavy atom. The van der Waals surface area contributed by atoms with Crippen LogP contribution in [0, 0.1) is 0 Å². The van der Waals surface area contributed by atoms with E-state index in [2.05, 4.69) is 14.5 Å². The summed E-state index contributed by atoms with van der Waals surface area (Å²) in [5.74, 6) is -1.01. The lowest BCUT2D eigenvalue weighted by atomic mass is 10.1. The third kappa shape index (κ3) is 4.61. The number of carbonyl (C=O) groups is 1. The van der Waals surface area contributed by atoms with Crippen LogP contribution in [0.2, 0.25) is 0 Å². The number of aliphatic hydroxyl groups excluding tert-OH is 1. The first kappa shape index (κ1) is 16.7. The van der Waals surface area contributed by atoms with E-state index < -0.39 is 22.6 Å². The molecule has 0 spiro atoms. The van der Waals surface area contributed by atoms with E-state index in [1.807, 2.05) is 0 Å². The SMILES string of the molecule is COC(=O)c1cc(CO)c(NS(C)(=O)=O)c(N=C(N)N)c1. The van der Waals surface area contributed by atoms with Crippen LogP contribution in [0.1, 0.15) is 15.9 Å². The van der Waals surface area contributed by atoms with Crippen molar-refractivity contribution in [1.29, 1.82) is 0 Å². The van der Waals surface area contributed by atoms with Crippen molar-refractivity contribution in [3.63, 3.8) is 0 Å². The molecule has 6 N–H and O–H groups in total. The number of benzene rings is 1. The lowest BCUT2D eigenvalue weighted by molar-refractivity contribution is 0.0600. The van der Waals surface area contributed by atoms with Gasteiger partial charge in [-0.2, -0.15) is 0 Å². The predicted octanol–water partition coefficient (Wildman–Crippen LogP) is -0.758. The molecule has 0 radical (unpaired) electrons. The molecule has 0 unspecified atom stereocenters. The number of aliphatic hydroxyl groups is 1. The summed E-state index contributed by atoms with van der Waals surface area (Å²) in [5.41, 5.74) is 10.7. The molecule has 1 rings (SSSR count). The van der Waals surface area contributed by atoms with Crippen molar-refractivity contribution < 1.29 is 23.1 Å². The molecule has 0 atom stereocenters. The number of nitrogens with two attached hydrogens (primary N) is 2. The van der Waals surface area contributed by atoms with Crippen LogP contribution < -0.4 is 16.2 Å². The Bertz CT molecular complexity index is 680. The number of sulfonamides is 1. The fourth-order valence-corrected chi connectivity index (χ4v) is 2.18. The van der Waals surface area contributed by atoms with Gasteiger partial charge < -0.3 is 21.3 Å². The summed E-state index contributed by atoms with van der Waals surface area (Å²) >= 11 is 0. The average Bonchev–Trinajstić information content (AvgIpc) is 2.37. The second kappa shape index (κ2) is 6.41. The molecule has 1 aromatic carbocycles. The highest BCUT2D eigenvalue weighted by Gasteiger charge is 2.17. The Hall–Kier alpha value is -2.33. The van der Waals surface area contributed by atoms with Crippen molar-refractivity contribution in [3.8, 4) is 0 Å². The summed E-state index contributed by atoms with van der Waals surface area (Å²) in [6.07, 6.45) is 0.932. The van der Waals surface area contributed by atoms with Crippen molar-refractivity contribution >= 4 is 33.3 Å². The second-order valence-electron chi connectivity index (χ2n) is 4.09. The maximum Gasteiger partial charge on any atom is 0.337 e. The van der Waals surface area contributed by atoms with Crippen LogP contribution >= 0.6 is 0 Å². The summed E-state index contributed by atoms with van der Waals surface area (Å²) in [4.78, 5) is 15.3. The first-order chi connectivity index (χ1) is 9.67. The fraction of sp³-hybridized carbons (Fsp3) is 0.273. The van der Waals surface area contributed by atoms with Gasteiger partial charge >= 0.3 is 5.97 Å². The Morgan fingerprint density at radius 2 is 2.05 bits per heavy atom. The number of hydrogen-bond acceptors (Lipinski definition) is 6. The van der Waals surface area contributed by atoms with Crippen LogP contribution in [0.3, 0.4) is 0 Å². The Balaban J connectivity index is 3.59. The summed E-state index contributed by atoms with van der Waals surface area (Å²) < 4.78 is 29.5. The minimum Gasteiger partial charge on any atom is -0.465 e. The van der Waals surface area contributed by atoms with Gasteiger partial charge in [0, 0.05) is 5.56 Å². The van der Waals surface area contributed by atoms with Crippen LogP contribution in [0.15, 0.2) is 17.1 Å². The zero-order valence-corrected chi connectivity index (χ0v) is 12.3. The summed E-state index contributed by atoms with van der Waals surface area (Å²) in [6.45, 7) is -0.532. The number of guanidine groups is 1. The van der Waals surface area contributed by atoms with Gasteiger partial charge in [0.2, 0.25) is 10.0 Å². The number of aliphatic imine (C=N–C) groups is 1. The molecule has 0 amide bonds. The number of hydrogen-bond donors (Lipinski definition) is 4. The van der Waals surface area contributed by atoms with E-state index in [1.165, 1.54) is 19.2 Å². The Morgan fingerprint density at radius 1 is 1.43 bits per heavy atom. The minimum absolute atomic E-state index is 0.00706. The van der Waals surface area contributed by atoms with Gasteiger partial charge in [0.15, 0.2) is 5.96 Å². The second-order valence-corrected chi connectivity index (χ2v) is 5.84. The third-order valence-electron chi connectivity index (χ3n) is 2.33. The molecule has 0 bridgehead atoms. The molecule has 0 fully saturated rings. The molecule has 0 aliphatic rings. The van der Waals surface area contributed by atoms with E-state index in [-0.39, 0.29) is 28.5 Å². The van der Waals surface area contributed by atoms with Crippen LogP contribution in [0.4, 0.5) is 11.4 Å². The molecule has 9 nitrogen and oxygen atoms in total. The smallest absolute Gasteiger partial charge is 0.337 e. The molecule has 0 saturated carbocycles. The van der Waals surface area contributed by atoms with Crippen molar-refractivity contribution in [1.82, 2.24) is 0 Å². The lowest BCUT2D eigenvalue weighted by Crippen LogP contribution is -2.22. The first-order valence-electron chi connectivity index (χ1n) is 5.61. The first-order valence-corrected chi connectivity index (χ1v) is 7.50. The Labute approximate surface area is 121 Å². The number of nitrogens with zero attached hydrogens (tertiary/aromatic N) is 1. The van der Waals surface area contributed by atoms with Crippen LogP contribution in [0.5, 0.6) is 0 Å².